The lowest BCUT2D eigenvalue weighted by Crippen LogP contribution is -2.32. The minimum Gasteiger partial charge on any atom is -0.368 e. The van der Waals surface area contributed by atoms with Crippen LogP contribution >= 0.6 is 0 Å². The highest BCUT2D eigenvalue weighted by molar-refractivity contribution is 5.89. The molecule has 2 heterocycles. The summed E-state index contributed by atoms with van der Waals surface area (Å²) in [6.45, 7) is 2.98. The van der Waals surface area contributed by atoms with E-state index in [1.807, 2.05) is 6.07 Å². The van der Waals surface area contributed by atoms with Gasteiger partial charge in [0.15, 0.2) is 0 Å². The number of nitrogens with zero attached hydrogens (tertiary/aromatic N) is 3. The Hall–Kier alpha value is -2.90. The summed E-state index contributed by atoms with van der Waals surface area (Å²) in [5.41, 5.74) is 0.413. The summed E-state index contributed by atoms with van der Waals surface area (Å²) in [6, 6.07) is 7.29. The number of aromatic nitrogens is 2. The van der Waals surface area contributed by atoms with Gasteiger partial charge in [-0.15, -0.1) is 0 Å². The van der Waals surface area contributed by atoms with E-state index in [2.05, 4.69) is 30.8 Å². The second kappa shape index (κ2) is 8.27. The third-order valence-corrected chi connectivity index (χ3v) is 3.88. The Labute approximate surface area is 145 Å². The molecule has 132 valence electrons. The number of urea groups is 1. The molecule has 1 saturated heterocycles. The van der Waals surface area contributed by atoms with Gasteiger partial charge in [0.1, 0.15) is 23.8 Å². The Balaban J connectivity index is 1.41. The van der Waals surface area contributed by atoms with Crippen molar-refractivity contribution in [1.29, 1.82) is 0 Å². The Kier molecular flexibility index (Phi) is 5.61. The zero-order valence-electron chi connectivity index (χ0n) is 13.8. The van der Waals surface area contributed by atoms with Crippen LogP contribution in [0.25, 0.3) is 0 Å². The zero-order chi connectivity index (χ0) is 17.5. The van der Waals surface area contributed by atoms with Gasteiger partial charge in [0.25, 0.3) is 0 Å². The lowest BCUT2D eigenvalue weighted by molar-refractivity contribution is 0.252. The summed E-state index contributed by atoms with van der Waals surface area (Å²) >= 11 is 0. The van der Waals surface area contributed by atoms with Crippen molar-refractivity contribution in [3.05, 3.63) is 42.5 Å². The predicted molar refractivity (Wildman–Crippen MR) is 95.4 cm³/mol. The minimum atomic E-state index is -0.392. The average molecular weight is 344 g/mol. The van der Waals surface area contributed by atoms with Gasteiger partial charge in [-0.1, -0.05) is 6.07 Å². The first kappa shape index (κ1) is 16.9. The molecule has 0 unspecified atom stereocenters. The van der Waals surface area contributed by atoms with E-state index in [4.69, 9.17) is 0 Å². The summed E-state index contributed by atoms with van der Waals surface area (Å²) in [4.78, 5) is 22.5. The zero-order valence-corrected chi connectivity index (χ0v) is 13.8. The van der Waals surface area contributed by atoms with Crippen LogP contribution in [0.4, 0.5) is 26.5 Å². The van der Waals surface area contributed by atoms with E-state index in [-0.39, 0.29) is 6.03 Å². The van der Waals surface area contributed by atoms with E-state index < -0.39 is 5.82 Å². The molecule has 2 amide bonds. The number of carbonyl (C=O) groups excluding carboxylic acids is 1. The maximum atomic E-state index is 13.1. The Morgan fingerprint density at radius 2 is 2.00 bits per heavy atom. The molecule has 3 rings (SSSR count). The van der Waals surface area contributed by atoms with Gasteiger partial charge >= 0.3 is 6.03 Å². The van der Waals surface area contributed by atoms with Gasteiger partial charge in [-0.25, -0.2) is 19.2 Å². The van der Waals surface area contributed by atoms with Gasteiger partial charge in [-0.05, 0) is 31.0 Å². The van der Waals surface area contributed by atoms with E-state index in [0.29, 0.717) is 18.8 Å². The Morgan fingerprint density at radius 3 is 2.80 bits per heavy atom. The van der Waals surface area contributed by atoms with Crippen LogP contribution in [0.1, 0.15) is 12.8 Å². The monoisotopic (exact) mass is 344 g/mol. The Morgan fingerprint density at radius 1 is 1.16 bits per heavy atom. The van der Waals surface area contributed by atoms with Crippen molar-refractivity contribution in [3.63, 3.8) is 0 Å². The van der Waals surface area contributed by atoms with Crippen molar-refractivity contribution in [3.8, 4) is 0 Å². The van der Waals surface area contributed by atoms with Crippen LogP contribution < -0.4 is 20.9 Å². The van der Waals surface area contributed by atoms with E-state index in [1.54, 1.807) is 18.5 Å². The van der Waals surface area contributed by atoms with Crippen LogP contribution in [-0.4, -0.2) is 42.2 Å². The van der Waals surface area contributed by atoms with Crippen LogP contribution in [0.2, 0.25) is 0 Å². The molecule has 25 heavy (non-hydrogen) atoms. The first-order valence-electron chi connectivity index (χ1n) is 8.32. The topological polar surface area (TPSA) is 82.2 Å². The number of hydrogen-bond donors (Lipinski definition) is 3. The number of hydrogen-bond acceptors (Lipinski definition) is 5. The largest absolute Gasteiger partial charge is 0.368 e. The molecule has 0 spiro atoms. The SMILES string of the molecule is O=C(NCCNc1cc(N2CCCC2)ncn1)Nc1cccc(F)c1. The van der Waals surface area contributed by atoms with Crippen LogP contribution in [0.3, 0.4) is 0 Å². The maximum absolute atomic E-state index is 13.1. The quantitative estimate of drug-likeness (QED) is 0.701. The number of halogens is 1. The molecule has 8 heteroatoms. The molecule has 0 aliphatic carbocycles. The highest BCUT2D eigenvalue weighted by Crippen LogP contribution is 2.19. The molecule has 0 saturated carbocycles. The first-order chi connectivity index (χ1) is 12.2. The smallest absolute Gasteiger partial charge is 0.319 e. The molecule has 3 N–H and O–H groups in total. The minimum absolute atomic E-state index is 0.382. The number of benzene rings is 1. The fourth-order valence-electron chi connectivity index (χ4n) is 2.67. The number of rotatable bonds is 6. The van der Waals surface area contributed by atoms with Crippen molar-refractivity contribution in [1.82, 2.24) is 15.3 Å². The second-order valence-corrected chi connectivity index (χ2v) is 5.77. The molecule has 1 aromatic carbocycles. The molecule has 2 aromatic rings. The molecule has 0 radical (unpaired) electrons. The third kappa shape index (κ3) is 5.03. The third-order valence-electron chi connectivity index (χ3n) is 3.88. The lowest BCUT2D eigenvalue weighted by atomic mass is 10.3. The van der Waals surface area contributed by atoms with Gasteiger partial charge < -0.3 is 20.9 Å². The lowest BCUT2D eigenvalue weighted by Gasteiger charge is -2.16. The molecule has 1 aliphatic rings. The summed E-state index contributed by atoms with van der Waals surface area (Å²) in [6.07, 6.45) is 3.92. The van der Waals surface area contributed by atoms with Crippen LogP contribution in [0, 0.1) is 5.82 Å². The standard InChI is InChI=1S/C17H21FN6O/c18-13-4-3-5-14(10-13)23-17(25)20-7-6-19-15-11-16(22-12-21-15)24-8-1-2-9-24/h3-5,10-12H,1-2,6-9H2,(H,19,21,22)(H2,20,23,25). The van der Waals surface area contributed by atoms with Gasteiger partial charge in [0, 0.05) is 37.9 Å². The normalized spacial score (nSPS) is 13.6. The van der Waals surface area contributed by atoms with Crippen molar-refractivity contribution in [2.24, 2.45) is 0 Å². The fraction of sp³-hybridized carbons (Fsp3) is 0.353. The first-order valence-corrected chi connectivity index (χ1v) is 8.32. The fourth-order valence-corrected chi connectivity index (χ4v) is 2.67. The number of anilines is 3. The number of nitrogens with one attached hydrogen (secondary N) is 3. The number of amides is 2. The van der Waals surface area contributed by atoms with Crippen LogP contribution in [-0.2, 0) is 0 Å². The summed E-state index contributed by atoms with van der Waals surface area (Å²) in [5.74, 6) is 1.26. The predicted octanol–water partition coefficient (Wildman–Crippen LogP) is 2.45. The van der Waals surface area contributed by atoms with E-state index in [1.165, 1.54) is 25.0 Å². The number of carbonyl (C=O) groups is 1. The summed E-state index contributed by atoms with van der Waals surface area (Å²) < 4.78 is 13.1. The van der Waals surface area contributed by atoms with Crippen LogP contribution in [0.15, 0.2) is 36.7 Å². The highest BCUT2D eigenvalue weighted by Gasteiger charge is 2.13. The van der Waals surface area contributed by atoms with Gasteiger partial charge in [0.05, 0.1) is 0 Å². The van der Waals surface area contributed by atoms with Crippen molar-refractivity contribution in [2.75, 3.05) is 41.7 Å². The molecular weight excluding hydrogens is 323 g/mol. The Bertz CT molecular complexity index is 720. The van der Waals surface area contributed by atoms with E-state index in [9.17, 15) is 9.18 Å². The maximum Gasteiger partial charge on any atom is 0.319 e. The molecule has 1 fully saturated rings. The van der Waals surface area contributed by atoms with Crippen molar-refractivity contribution in [2.45, 2.75) is 12.8 Å². The highest BCUT2D eigenvalue weighted by atomic mass is 19.1. The van der Waals surface area contributed by atoms with E-state index >= 15 is 0 Å². The summed E-state index contributed by atoms with van der Waals surface area (Å²) in [7, 11) is 0. The van der Waals surface area contributed by atoms with Crippen molar-refractivity contribution < 1.29 is 9.18 Å². The van der Waals surface area contributed by atoms with Gasteiger partial charge in [-0.3, -0.25) is 0 Å². The second-order valence-electron chi connectivity index (χ2n) is 5.77. The molecule has 7 nitrogen and oxygen atoms in total. The molecule has 1 aromatic heterocycles. The van der Waals surface area contributed by atoms with Crippen LogP contribution in [0.5, 0.6) is 0 Å². The van der Waals surface area contributed by atoms with Crippen molar-refractivity contribution >= 4 is 23.4 Å². The molecule has 0 atom stereocenters. The van der Waals surface area contributed by atoms with Gasteiger partial charge in [-0.2, -0.15) is 0 Å². The van der Waals surface area contributed by atoms with E-state index in [0.717, 1.165) is 24.7 Å². The summed E-state index contributed by atoms with van der Waals surface area (Å²) in [5, 5.41) is 8.44. The molecule has 1 aliphatic heterocycles. The molecule has 0 bridgehead atoms. The van der Waals surface area contributed by atoms with Gasteiger partial charge in [0.2, 0.25) is 0 Å². The molecular formula is C17H21FN6O. The average Bonchev–Trinajstić information content (AvgIpc) is 3.14.